The van der Waals surface area contributed by atoms with Gasteiger partial charge in [-0.3, -0.25) is 0 Å². The fourth-order valence-electron chi connectivity index (χ4n) is 3.59. The summed E-state index contributed by atoms with van der Waals surface area (Å²) in [5.74, 6) is 0. The maximum Gasteiger partial charge on any atom is -0.00202 e. The molecular formula is C15H21N. The van der Waals surface area contributed by atoms with Crippen molar-refractivity contribution in [3.63, 3.8) is 0 Å². The van der Waals surface area contributed by atoms with Crippen molar-refractivity contribution in [2.75, 3.05) is 13.1 Å². The topological polar surface area (TPSA) is 12.0 Å². The van der Waals surface area contributed by atoms with Crippen LogP contribution in [0.5, 0.6) is 0 Å². The van der Waals surface area contributed by atoms with Crippen molar-refractivity contribution in [1.29, 1.82) is 0 Å². The summed E-state index contributed by atoms with van der Waals surface area (Å²) in [6, 6.07) is 9.18. The first-order valence-corrected chi connectivity index (χ1v) is 6.70. The van der Waals surface area contributed by atoms with E-state index in [1.807, 2.05) is 0 Å². The quantitative estimate of drug-likeness (QED) is 0.701. The molecule has 1 nitrogen and oxygen atoms in total. The number of benzene rings is 1. The smallest absolute Gasteiger partial charge is 0.00202 e. The SMILES string of the molecule is c1ccc2c(c1)CCCCC21CCNCC1. The number of hydrogen-bond donors (Lipinski definition) is 1. The van der Waals surface area contributed by atoms with Gasteiger partial charge in [0.2, 0.25) is 0 Å². The Hall–Kier alpha value is -0.820. The van der Waals surface area contributed by atoms with Gasteiger partial charge in [-0.05, 0) is 61.7 Å². The highest BCUT2D eigenvalue weighted by Crippen LogP contribution is 2.42. The van der Waals surface area contributed by atoms with Gasteiger partial charge in [-0.15, -0.1) is 0 Å². The fraction of sp³-hybridized carbons (Fsp3) is 0.600. The lowest BCUT2D eigenvalue weighted by molar-refractivity contribution is 0.285. The molecule has 0 radical (unpaired) electrons. The summed E-state index contributed by atoms with van der Waals surface area (Å²) in [4.78, 5) is 0. The van der Waals surface area contributed by atoms with Crippen LogP contribution in [0.15, 0.2) is 24.3 Å². The number of piperidine rings is 1. The minimum absolute atomic E-state index is 0.512. The maximum absolute atomic E-state index is 3.51. The Morgan fingerprint density at radius 2 is 1.75 bits per heavy atom. The second kappa shape index (κ2) is 4.21. The molecule has 1 heteroatoms. The van der Waals surface area contributed by atoms with Gasteiger partial charge in [0.25, 0.3) is 0 Å². The van der Waals surface area contributed by atoms with Crippen molar-refractivity contribution in [3.05, 3.63) is 35.4 Å². The third-order valence-electron chi connectivity index (χ3n) is 4.50. The Morgan fingerprint density at radius 1 is 0.938 bits per heavy atom. The summed E-state index contributed by atoms with van der Waals surface area (Å²) in [6.45, 7) is 2.41. The van der Waals surface area contributed by atoms with Crippen molar-refractivity contribution < 1.29 is 0 Å². The first-order valence-electron chi connectivity index (χ1n) is 6.70. The van der Waals surface area contributed by atoms with Gasteiger partial charge >= 0.3 is 0 Å². The van der Waals surface area contributed by atoms with Gasteiger partial charge in [0, 0.05) is 0 Å². The molecule has 1 aliphatic carbocycles. The third-order valence-corrected chi connectivity index (χ3v) is 4.50. The Balaban J connectivity index is 2.04. The summed E-state index contributed by atoms with van der Waals surface area (Å²) in [6.07, 6.45) is 8.17. The van der Waals surface area contributed by atoms with Crippen LogP contribution >= 0.6 is 0 Å². The standard InChI is InChI=1S/C15H21N/c1-2-7-14-13(5-1)6-3-4-8-15(14)9-11-16-12-10-15/h1-2,5,7,16H,3-4,6,8-12H2. The summed E-state index contributed by atoms with van der Waals surface area (Å²) in [5.41, 5.74) is 3.81. The minimum atomic E-state index is 0.512. The van der Waals surface area contributed by atoms with E-state index in [0.717, 1.165) is 0 Å². The summed E-state index contributed by atoms with van der Waals surface area (Å²) >= 11 is 0. The number of hydrogen-bond acceptors (Lipinski definition) is 1. The molecule has 0 amide bonds. The monoisotopic (exact) mass is 215 g/mol. The maximum atomic E-state index is 3.51. The fourth-order valence-corrected chi connectivity index (χ4v) is 3.59. The van der Waals surface area contributed by atoms with Gasteiger partial charge in [0.1, 0.15) is 0 Å². The van der Waals surface area contributed by atoms with E-state index in [4.69, 9.17) is 0 Å². The Labute approximate surface area is 98.3 Å². The summed E-state index contributed by atoms with van der Waals surface area (Å²) in [5, 5.41) is 3.51. The zero-order valence-corrected chi connectivity index (χ0v) is 9.97. The molecule has 1 heterocycles. The van der Waals surface area contributed by atoms with E-state index in [2.05, 4.69) is 29.6 Å². The van der Waals surface area contributed by atoms with Gasteiger partial charge in [0.05, 0.1) is 0 Å². The average Bonchev–Trinajstić information content (AvgIpc) is 2.52. The second-order valence-electron chi connectivity index (χ2n) is 5.39. The molecule has 0 atom stereocenters. The second-order valence-corrected chi connectivity index (χ2v) is 5.39. The lowest BCUT2D eigenvalue weighted by Crippen LogP contribution is -2.40. The minimum Gasteiger partial charge on any atom is -0.317 e. The van der Waals surface area contributed by atoms with Crippen LogP contribution in [0.3, 0.4) is 0 Å². The number of rotatable bonds is 0. The normalized spacial score (nSPS) is 23.8. The summed E-state index contributed by atoms with van der Waals surface area (Å²) < 4.78 is 0. The predicted octanol–water partition coefficient (Wildman–Crippen LogP) is 3.03. The highest BCUT2D eigenvalue weighted by atomic mass is 14.9. The van der Waals surface area contributed by atoms with Crippen molar-refractivity contribution in [2.45, 2.75) is 43.9 Å². The zero-order chi connectivity index (χ0) is 10.8. The molecule has 1 N–H and O–H groups in total. The van der Waals surface area contributed by atoms with Gasteiger partial charge in [-0.2, -0.15) is 0 Å². The molecule has 0 saturated carbocycles. The Kier molecular flexibility index (Phi) is 2.72. The van der Waals surface area contributed by atoms with Gasteiger partial charge in [-0.1, -0.05) is 30.7 Å². The van der Waals surface area contributed by atoms with Crippen LogP contribution in [0, 0.1) is 0 Å². The van der Waals surface area contributed by atoms with Gasteiger partial charge in [-0.25, -0.2) is 0 Å². The van der Waals surface area contributed by atoms with E-state index in [1.165, 1.54) is 51.6 Å². The van der Waals surface area contributed by atoms with E-state index >= 15 is 0 Å². The third kappa shape index (κ3) is 1.67. The van der Waals surface area contributed by atoms with Gasteiger partial charge < -0.3 is 5.32 Å². The molecule has 2 aliphatic rings. The highest BCUT2D eigenvalue weighted by molar-refractivity contribution is 5.36. The van der Waals surface area contributed by atoms with Crippen LogP contribution in [0.4, 0.5) is 0 Å². The molecule has 0 bridgehead atoms. The molecule has 1 aromatic carbocycles. The Bertz CT molecular complexity index is 363. The van der Waals surface area contributed by atoms with Crippen LogP contribution in [-0.4, -0.2) is 13.1 Å². The number of nitrogens with one attached hydrogen (secondary N) is 1. The highest BCUT2D eigenvalue weighted by Gasteiger charge is 2.35. The van der Waals surface area contributed by atoms with Crippen LogP contribution in [-0.2, 0) is 11.8 Å². The van der Waals surface area contributed by atoms with E-state index in [9.17, 15) is 0 Å². The first-order chi connectivity index (χ1) is 7.91. The molecule has 1 spiro atoms. The lowest BCUT2D eigenvalue weighted by atomic mass is 9.70. The van der Waals surface area contributed by atoms with Crippen LogP contribution in [0.25, 0.3) is 0 Å². The van der Waals surface area contributed by atoms with Crippen molar-refractivity contribution in [3.8, 4) is 0 Å². The molecule has 86 valence electrons. The molecule has 0 unspecified atom stereocenters. The zero-order valence-electron chi connectivity index (χ0n) is 9.97. The largest absolute Gasteiger partial charge is 0.317 e. The van der Waals surface area contributed by atoms with Crippen molar-refractivity contribution >= 4 is 0 Å². The van der Waals surface area contributed by atoms with Crippen LogP contribution in [0.2, 0.25) is 0 Å². The first kappa shape index (κ1) is 10.3. The lowest BCUT2D eigenvalue weighted by Gasteiger charge is -2.38. The molecule has 16 heavy (non-hydrogen) atoms. The molecule has 0 aromatic heterocycles. The molecule has 1 saturated heterocycles. The number of fused-ring (bicyclic) bond motifs is 2. The number of aryl methyl sites for hydroxylation is 1. The van der Waals surface area contributed by atoms with E-state index in [-0.39, 0.29) is 0 Å². The average molecular weight is 215 g/mol. The van der Waals surface area contributed by atoms with Crippen LogP contribution in [0.1, 0.15) is 43.2 Å². The van der Waals surface area contributed by atoms with Gasteiger partial charge in [0.15, 0.2) is 0 Å². The predicted molar refractivity (Wildman–Crippen MR) is 67.8 cm³/mol. The molecule has 1 fully saturated rings. The van der Waals surface area contributed by atoms with E-state index in [0.29, 0.717) is 5.41 Å². The Morgan fingerprint density at radius 3 is 2.62 bits per heavy atom. The van der Waals surface area contributed by atoms with E-state index < -0.39 is 0 Å². The molecule has 1 aliphatic heterocycles. The molecule has 3 rings (SSSR count). The molecule has 1 aromatic rings. The van der Waals surface area contributed by atoms with Crippen LogP contribution < -0.4 is 5.32 Å². The van der Waals surface area contributed by atoms with Crippen molar-refractivity contribution in [1.82, 2.24) is 5.32 Å². The van der Waals surface area contributed by atoms with E-state index in [1.54, 1.807) is 11.1 Å². The van der Waals surface area contributed by atoms with Crippen molar-refractivity contribution in [2.24, 2.45) is 0 Å². The summed E-state index contributed by atoms with van der Waals surface area (Å²) in [7, 11) is 0. The molecular weight excluding hydrogens is 194 g/mol.